The second-order valence-corrected chi connectivity index (χ2v) is 6.90. The molecule has 30 heavy (non-hydrogen) atoms. The van der Waals surface area contributed by atoms with Crippen molar-refractivity contribution in [1.82, 2.24) is 16.0 Å². The molecule has 2 rings (SSSR count). The minimum atomic E-state index is -1.19. The third kappa shape index (κ3) is 8.22. The van der Waals surface area contributed by atoms with Crippen molar-refractivity contribution in [1.29, 1.82) is 0 Å². The van der Waals surface area contributed by atoms with Crippen molar-refractivity contribution < 1.29 is 24.6 Å². The van der Waals surface area contributed by atoms with Gasteiger partial charge in [-0.3, -0.25) is 4.79 Å². The summed E-state index contributed by atoms with van der Waals surface area (Å²) < 4.78 is 0. The highest BCUT2D eigenvalue weighted by Gasteiger charge is 2.19. The predicted octanol–water partition coefficient (Wildman–Crippen LogP) is 3.01. The Morgan fingerprint density at radius 3 is 1.87 bits per heavy atom. The summed E-state index contributed by atoms with van der Waals surface area (Å²) in [6.45, 7) is 0.347. The minimum absolute atomic E-state index is 0.113. The standard InChI is InChI=1S/C22H27N3O5/c26-20(24-15-18(25-22(29)30)12-7-13-23-21(27)28)14-19(16-8-3-1-4-9-16)17-10-5-2-6-11-17/h1-6,8-11,18-19,23,25H,7,12-15H2,(H,24,26)(H,27,28)(H,29,30)/t18-/m0/s1. The monoisotopic (exact) mass is 413 g/mol. The molecule has 8 heteroatoms. The molecule has 0 fully saturated rings. The van der Waals surface area contributed by atoms with Crippen LogP contribution in [0.2, 0.25) is 0 Å². The summed E-state index contributed by atoms with van der Waals surface area (Å²) in [7, 11) is 0. The van der Waals surface area contributed by atoms with Gasteiger partial charge in [0.15, 0.2) is 0 Å². The minimum Gasteiger partial charge on any atom is -0.465 e. The fraction of sp³-hybridized carbons (Fsp3) is 0.318. The first-order valence-electron chi connectivity index (χ1n) is 9.78. The van der Waals surface area contributed by atoms with E-state index >= 15 is 0 Å². The van der Waals surface area contributed by atoms with Crippen LogP contribution in [-0.4, -0.2) is 47.4 Å². The van der Waals surface area contributed by atoms with E-state index in [9.17, 15) is 14.4 Å². The smallest absolute Gasteiger partial charge is 0.404 e. The van der Waals surface area contributed by atoms with Gasteiger partial charge in [0.25, 0.3) is 0 Å². The van der Waals surface area contributed by atoms with E-state index < -0.39 is 18.2 Å². The number of nitrogens with one attached hydrogen (secondary N) is 3. The first kappa shape index (κ1) is 22.7. The van der Waals surface area contributed by atoms with E-state index in [0.29, 0.717) is 12.8 Å². The summed E-state index contributed by atoms with van der Waals surface area (Å²) in [5.41, 5.74) is 2.05. The molecule has 0 unspecified atom stereocenters. The van der Waals surface area contributed by atoms with Crippen molar-refractivity contribution >= 4 is 18.1 Å². The van der Waals surface area contributed by atoms with Crippen molar-refractivity contribution in [2.45, 2.75) is 31.2 Å². The van der Waals surface area contributed by atoms with Gasteiger partial charge in [-0.25, -0.2) is 9.59 Å². The molecule has 5 N–H and O–H groups in total. The van der Waals surface area contributed by atoms with E-state index in [4.69, 9.17) is 10.2 Å². The Kier molecular flexibility index (Phi) is 9.18. The fourth-order valence-electron chi connectivity index (χ4n) is 3.24. The van der Waals surface area contributed by atoms with Gasteiger partial charge in [0, 0.05) is 31.5 Å². The number of amides is 3. The lowest BCUT2D eigenvalue weighted by atomic mass is 9.88. The van der Waals surface area contributed by atoms with E-state index in [0.717, 1.165) is 11.1 Å². The molecule has 0 saturated heterocycles. The average Bonchev–Trinajstić information content (AvgIpc) is 2.74. The molecule has 2 aromatic rings. The summed E-state index contributed by atoms with van der Waals surface area (Å²) in [6.07, 6.45) is -1.24. The molecule has 160 valence electrons. The van der Waals surface area contributed by atoms with Crippen LogP contribution in [0.25, 0.3) is 0 Å². The molecule has 3 amide bonds. The van der Waals surface area contributed by atoms with Crippen molar-refractivity contribution in [2.75, 3.05) is 13.1 Å². The summed E-state index contributed by atoms with van der Waals surface area (Å²) in [6, 6.07) is 19.0. The summed E-state index contributed by atoms with van der Waals surface area (Å²) in [5.74, 6) is -0.299. The van der Waals surface area contributed by atoms with E-state index in [1.165, 1.54) is 0 Å². The lowest BCUT2D eigenvalue weighted by Crippen LogP contribution is -2.43. The molecular formula is C22H27N3O5. The quantitative estimate of drug-likeness (QED) is 0.362. The van der Waals surface area contributed by atoms with Crippen LogP contribution >= 0.6 is 0 Å². The van der Waals surface area contributed by atoms with Crippen LogP contribution in [0.3, 0.4) is 0 Å². The first-order chi connectivity index (χ1) is 14.5. The molecule has 2 aromatic carbocycles. The van der Waals surface area contributed by atoms with Crippen LogP contribution in [0.4, 0.5) is 9.59 Å². The van der Waals surface area contributed by atoms with Crippen LogP contribution < -0.4 is 16.0 Å². The summed E-state index contributed by atoms with van der Waals surface area (Å²) >= 11 is 0. The van der Waals surface area contributed by atoms with E-state index in [-0.39, 0.29) is 31.3 Å². The van der Waals surface area contributed by atoms with Gasteiger partial charge in [-0.05, 0) is 24.0 Å². The van der Waals surface area contributed by atoms with Gasteiger partial charge < -0.3 is 26.2 Å². The Hall–Kier alpha value is -3.55. The normalized spacial score (nSPS) is 11.5. The van der Waals surface area contributed by atoms with E-state index in [2.05, 4.69) is 16.0 Å². The van der Waals surface area contributed by atoms with Crippen LogP contribution in [0.15, 0.2) is 60.7 Å². The van der Waals surface area contributed by atoms with Crippen molar-refractivity contribution in [3.05, 3.63) is 71.8 Å². The first-order valence-corrected chi connectivity index (χ1v) is 9.78. The van der Waals surface area contributed by atoms with Gasteiger partial charge in [-0.15, -0.1) is 0 Å². The van der Waals surface area contributed by atoms with Gasteiger partial charge in [0.05, 0.1) is 0 Å². The second kappa shape index (κ2) is 12.1. The van der Waals surface area contributed by atoms with Gasteiger partial charge in [-0.1, -0.05) is 60.7 Å². The topological polar surface area (TPSA) is 128 Å². The Morgan fingerprint density at radius 1 is 0.800 bits per heavy atom. The molecule has 0 spiro atoms. The average molecular weight is 413 g/mol. The molecule has 0 bridgehead atoms. The van der Waals surface area contributed by atoms with E-state index in [1.54, 1.807) is 0 Å². The van der Waals surface area contributed by atoms with Gasteiger partial charge >= 0.3 is 12.2 Å². The zero-order valence-electron chi connectivity index (χ0n) is 16.6. The Morgan fingerprint density at radius 2 is 1.37 bits per heavy atom. The number of hydrogen-bond acceptors (Lipinski definition) is 3. The molecule has 0 heterocycles. The highest BCUT2D eigenvalue weighted by molar-refractivity contribution is 5.77. The number of rotatable bonds is 11. The summed E-state index contributed by atoms with van der Waals surface area (Å²) in [4.78, 5) is 34.1. The Labute approximate surface area is 175 Å². The molecule has 0 saturated carbocycles. The Bertz CT molecular complexity index is 775. The molecule has 1 atom stereocenters. The van der Waals surface area contributed by atoms with Gasteiger partial charge in [0.2, 0.25) is 5.91 Å². The number of carbonyl (C=O) groups excluding carboxylic acids is 1. The largest absolute Gasteiger partial charge is 0.465 e. The molecule has 0 aliphatic rings. The molecule has 0 aliphatic carbocycles. The van der Waals surface area contributed by atoms with E-state index in [1.807, 2.05) is 60.7 Å². The highest BCUT2D eigenvalue weighted by Crippen LogP contribution is 2.27. The third-order valence-electron chi connectivity index (χ3n) is 4.67. The van der Waals surface area contributed by atoms with Gasteiger partial charge in [-0.2, -0.15) is 0 Å². The number of carboxylic acid groups (broad SMARTS) is 2. The van der Waals surface area contributed by atoms with Crippen molar-refractivity contribution in [3.8, 4) is 0 Å². The maximum Gasteiger partial charge on any atom is 0.404 e. The zero-order valence-corrected chi connectivity index (χ0v) is 16.6. The second-order valence-electron chi connectivity index (χ2n) is 6.90. The van der Waals surface area contributed by atoms with Crippen LogP contribution in [-0.2, 0) is 4.79 Å². The molecule has 8 nitrogen and oxygen atoms in total. The zero-order chi connectivity index (χ0) is 21.8. The number of benzene rings is 2. The fourth-order valence-corrected chi connectivity index (χ4v) is 3.24. The molecular weight excluding hydrogens is 386 g/mol. The maximum absolute atomic E-state index is 12.6. The summed E-state index contributed by atoms with van der Waals surface area (Å²) in [5, 5.41) is 25.0. The third-order valence-corrected chi connectivity index (χ3v) is 4.67. The SMILES string of the molecule is O=C(O)NCCC[C@@H](CNC(=O)CC(c1ccccc1)c1ccccc1)NC(=O)O. The number of carbonyl (C=O) groups is 3. The van der Waals surface area contributed by atoms with Crippen LogP contribution in [0.1, 0.15) is 36.3 Å². The van der Waals surface area contributed by atoms with Crippen molar-refractivity contribution in [2.24, 2.45) is 0 Å². The van der Waals surface area contributed by atoms with Crippen molar-refractivity contribution in [3.63, 3.8) is 0 Å². The maximum atomic E-state index is 12.6. The Balaban J connectivity index is 1.95. The predicted molar refractivity (Wildman–Crippen MR) is 113 cm³/mol. The molecule has 0 radical (unpaired) electrons. The number of hydrogen-bond donors (Lipinski definition) is 5. The lowest BCUT2D eigenvalue weighted by molar-refractivity contribution is -0.121. The lowest BCUT2D eigenvalue weighted by Gasteiger charge is -2.20. The van der Waals surface area contributed by atoms with Gasteiger partial charge in [0.1, 0.15) is 0 Å². The van der Waals surface area contributed by atoms with Crippen LogP contribution in [0, 0.1) is 0 Å². The molecule has 0 aromatic heterocycles. The van der Waals surface area contributed by atoms with Crippen LogP contribution in [0.5, 0.6) is 0 Å². The highest BCUT2D eigenvalue weighted by atomic mass is 16.4. The molecule has 0 aliphatic heterocycles.